The number of piperazine rings is 1. The zero-order valence-corrected chi connectivity index (χ0v) is 23.9. The summed E-state index contributed by atoms with van der Waals surface area (Å²) in [7, 11) is 3.27. The first-order chi connectivity index (χ1) is 18.9. The molecule has 0 unspecified atom stereocenters. The SMILES string of the molecule is COCCN(Cc1nc(C(=O)N2CCN(c3ccccc3OC)CC2)cs1)C(=O)Nc1ccc(C(C)C)cc1. The molecule has 0 radical (unpaired) electrons. The lowest BCUT2D eigenvalue weighted by atomic mass is 10.0. The monoisotopic (exact) mass is 551 g/mol. The number of methoxy groups -OCH3 is 2. The molecule has 0 aliphatic carbocycles. The van der Waals surface area contributed by atoms with Gasteiger partial charge in [-0.05, 0) is 35.7 Å². The fraction of sp³-hybridized carbons (Fsp3) is 0.414. The number of rotatable bonds is 10. The molecule has 2 heterocycles. The second-order valence-corrected chi connectivity index (χ2v) is 10.6. The standard InChI is InChI=1S/C29H37N5O4S/c1-21(2)22-9-11-23(12-10-22)30-29(36)34(17-18-37-3)19-27-31-24(20-39-27)28(35)33-15-13-32(14-16-33)25-7-5-6-8-26(25)38-4/h5-12,20-21H,13-19H2,1-4H3,(H,30,36). The molecule has 0 saturated carbocycles. The van der Waals surface area contributed by atoms with E-state index in [9.17, 15) is 9.59 Å². The van der Waals surface area contributed by atoms with Crippen LogP contribution in [0, 0.1) is 0 Å². The molecule has 0 spiro atoms. The van der Waals surface area contributed by atoms with Gasteiger partial charge in [0.25, 0.3) is 5.91 Å². The van der Waals surface area contributed by atoms with E-state index in [1.54, 1.807) is 24.5 Å². The van der Waals surface area contributed by atoms with Gasteiger partial charge in [-0.15, -0.1) is 11.3 Å². The number of benzene rings is 2. The summed E-state index contributed by atoms with van der Waals surface area (Å²) in [6, 6.07) is 15.6. The van der Waals surface area contributed by atoms with E-state index in [0.717, 1.165) is 17.1 Å². The van der Waals surface area contributed by atoms with Crippen LogP contribution in [0.2, 0.25) is 0 Å². The number of thiazole rings is 1. The van der Waals surface area contributed by atoms with Crippen LogP contribution in [0.15, 0.2) is 53.9 Å². The highest BCUT2D eigenvalue weighted by atomic mass is 32.1. The van der Waals surface area contributed by atoms with Crippen molar-refractivity contribution in [2.75, 3.05) is 63.8 Å². The first-order valence-electron chi connectivity index (χ1n) is 13.2. The molecule has 3 aromatic rings. The zero-order chi connectivity index (χ0) is 27.8. The summed E-state index contributed by atoms with van der Waals surface area (Å²) in [5.41, 5.74) is 3.39. The Kier molecular flexibility index (Phi) is 9.78. The molecular weight excluding hydrogens is 514 g/mol. The van der Waals surface area contributed by atoms with Gasteiger partial charge in [-0.25, -0.2) is 9.78 Å². The third-order valence-electron chi connectivity index (χ3n) is 6.77. The van der Waals surface area contributed by atoms with Crippen LogP contribution in [0.1, 0.15) is 40.8 Å². The average Bonchev–Trinajstić information content (AvgIpc) is 3.43. The summed E-state index contributed by atoms with van der Waals surface area (Å²) < 4.78 is 10.7. The summed E-state index contributed by atoms with van der Waals surface area (Å²) >= 11 is 1.39. The van der Waals surface area contributed by atoms with Crippen molar-refractivity contribution in [1.29, 1.82) is 0 Å². The normalized spacial score (nSPS) is 13.5. The van der Waals surface area contributed by atoms with Gasteiger partial charge in [0.2, 0.25) is 0 Å². The van der Waals surface area contributed by atoms with Gasteiger partial charge in [0.05, 0.1) is 25.9 Å². The van der Waals surface area contributed by atoms with Crippen molar-refractivity contribution < 1.29 is 19.1 Å². The lowest BCUT2D eigenvalue weighted by molar-refractivity contribution is 0.0741. The summed E-state index contributed by atoms with van der Waals surface area (Å²) in [4.78, 5) is 36.6. The number of hydrogen-bond acceptors (Lipinski definition) is 7. The van der Waals surface area contributed by atoms with Crippen LogP contribution in [0.4, 0.5) is 16.2 Å². The largest absolute Gasteiger partial charge is 0.495 e. The number of nitrogens with one attached hydrogen (secondary N) is 1. The van der Waals surface area contributed by atoms with Gasteiger partial charge in [-0.2, -0.15) is 0 Å². The summed E-state index contributed by atoms with van der Waals surface area (Å²) in [5.74, 6) is 1.16. The highest BCUT2D eigenvalue weighted by Crippen LogP contribution is 2.28. The van der Waals surface area contributed by atoms with Crippen molar-refractivity contribution in [3.8, 4) is 5.75 Å². The van der Waals surface area contributed by atoms with Crippen LogP contribution in [0.5, 0.6) is 5.75 Å². The van der Waals surface area contributed by atoms with E-state index < -0.39 is 0 Å². The van der Waals surface area contributed by atoms with Crippen molar-refractivity contribution in [2.24, 2.45) is 0 Å². The number of ether oxygens (including phenoxy) is 2. The predicted octanol–water partition coefficient (Wildman–Crippen LogP) is 4.92. The van der Waals surface area contributed by atoms with E-state index in [4.69, 9.17) is 9.47 Å². The average molecular weight is 552 g/mol. The summed E-state index contributed by atoms with van der Waals surface area (Å²) in [5, 5.41) is 5.44. The molecule has 0 bridgehead atoms. The highest BCUT2D eigenvalue weighted by molar-refractivity contribution is 7.09. The quantitative estimate of drug-likeness (QED) is 0.385. The molecule has 1 fully saturated rings. The van der Waals surface area contributed by atoms with Gasteiger partial charge >= 0.3 is 6.03 Å². The van der Waals surface area contributed by atoms with Crippen LogP contribution in [0.25, 0.3) is 0 Å². The maximum absolute atomic E-state index is 13.2. The van der Waals surface area contributed by atoms with Crippen LogP contribution in [-0.4, -0.2) is 80.3 Å². The summed E-state index contributed by atoms with van der Waals surface area (Å²) in [6.45, 7) is 7.98. The van der Waals surface area contributed by atoms with Crippen molar-refractivity contribution in [3.05, 3.63) is 70.2 Å². The molecule has 1 aliphatic rings. The number of nitrogens with zero attached hydrogens (tertiary/aromatic N) is 4. The van der Waals surface area contributed by atoms with Gasteiger partial charge in [0, 0.05) is 50.9 Å². The Hall–Kier alpha value is -3.63. The maximum atomic E-state index is 13.2. The third kappa shape index (κ3) is 7.27. The number of anilines is 2. The van der Waals surface area contributed by atoms with Crippen molar-refractivity contribution in [3.63, 3.8) is 0 Å². The minimum absolute atomic E-state index is 0.0877. The van der Waals surface area contributed by atoms with Crippen molar-refractivity contribution in [1.82, 2.24) is 14.8 Å². The molecule has 39 heavy (non-hydrogen) atoms. The van der Waals surface area contributed by atoms with Gasteiger partial charge in [-0.1, -0.05) is 38.1 Å². The molecule has 1 N–H and O–H groups in total. The lowest BCUT2D eigenvalue weighted by Crippen LogP contribution is -2.49. The molecule has 208 valence electrons. The number of carbonyl (C=O) groups excluding carboxylic acids is 2. The van der Waals surface area contributed by atoms with Crippen LogP contribution >= 0.6 is 11.3 Å². The van der Waals surface area contributed by atoms with Crippen LogP contribution in [0.3, 0.4) is 0 Å². The zero-order valence-electron chi connectivity index (χ0n) is 23.1. The Bertz CT molecular complexity index is 1240. The highest BCUT2D eigenvalue weighted by Gasteiger charge is 2.26. The third-order valence-corrected chi connectivity index (χ3v) is 7.60. The molecule has 9 nitrogen and oxygen atoms in total. The Morgan fingerprint density at radius 3 is 2.44 bits per heavy atom. The number of carbonyl (C=O) groups is 2. The maximum Gasteiger partial charge on any atom is 0.322 e. The Morgan fingerprint density at radius 2 is 1.77 bits per heavy atom. The van der Waals surface area contributed by atoms with Crippen LogP contribution in [-0.2, 0) is 11.3 Å². The van der Waals surface area contributed by atoms with E-state index >= 15 is 0 Å². The predicted molar refractivity (Wildman–Crippen MR) is 155 cm³/mol. The number of hydrogen-bond donors (Lipinski definition) is 1. The van der Waals surface area contributed by atoms with Gasteiger partial charge in [0.15, 0.2) is 0 Å². The van der Waals surface area contributed by atoms with E-state index in [1.165, 1.54) is 16.9 Å². The molecule has 1 aromatic heterocycles. The van der Waals surface area contributed by atoms with Gasteiger partial charge in [0.1, 0.15) is 16.5 Å². The molecule has 0 atom stereocenters. The molecule has 1 aliphatic heterocycles. The van der Waals surface area contributed by atoms with E-state index in [-0.39, 0.29) is 11.9 Å². The molecule has 3 amide bonds. The molecule has 2 aromatic carbocycles. The lowest BCUT2D eigenvalue weighted by Gasteiger charge is -2.36. The minimum atomic E-state index is -0.236. The van der Waals surface area contributed by atoms with Gasteiger partial charge in [-0.3, -0.25) is 4.79 Å². The van der Waals surface area contributed by atoms with E-state index in [1.807, 2.05) is 53.4 Å². The summed E-state index contributed by atoms with van der Waals surface area (Å²) in [6.07, 6.45) is 0. The topological polar surface area (TPSA) is 87.2 Å². The fourth-order valence-corrected chi connectivity index (χ4v) is 5.24. The smallest absolute Gasteiger partial charge is 0.322 e. The first kappa shape index (κ1) is 28.4. The minimum Gasteiger partial charge on any atom is -0.495 e. The van der Waals surface area contributed by atoms with E-state index in [2.05, 4.69) is 29.0 Å². The van der Waals surface area contributed by atoms with Crippen molar-refractivity contribution in [2.45, 2.75) is 26.3 Å². The second-order valence-electron chi connectivity index (χ2n) is 9.70. The number of urea groups is 1. The number of aromatic nitrogens is 1. The van der Waals surface area contributed by atoms with Gasteiger partial charge < -0.3 is 29.5 Å². The Balaban J connectivity index is 1.36. The Labute approximate surface area is 234 Å². The molecule has 4 rings (SSSR count). The number of para-hydroxylation sites is 2. The molecule has 10 heteroatoms. The van der Waals surface area contributed by atoms with Crippen molar-refractivity contribution >= 4 is 34.6 Å². The Morgan fingerprint density at radius 1 is 1.05 bits per heavy atom. The van der Waals surface area contributed by atoms with E-state index in [0.29, 0.717) is 62.5 Å². The fourth-order valence-electron chi connectivity index (χ4n) is 4.46. The molecular formula is C29H37N5O4S. The molecule has 1 saturated heterocycles. The van der Waals surface area contributed by atoms with Crippen LogP contribution < -0.4 is 15.0 Å². The number of amides is 3. The first-order valence-corrected chi connectivity index (χ1v) is 14.0. The second kappa shape index (κ2) is 13.4.